The summed E-state index contributed by atoms with van der Waals surface area (Å²) in [5.74, 6) is -12.7. The van der Waals surface area contributed by atoms with Gasteiger partial charge in [-0.3, -0.25) is 33.6 Å². The second-order valence-corrected chi connectivity index (χ2v) is 44.3. The number of ether oxygens (including phenoxy) is 17. The Bertz CT molecular complexity index is 3990. The van der Waals surface area contributed by atoms with Crippen molar-refractivity contribution in [3.8, 4) is 0 Å². The van der Waals surface area contributed by atoms with E-state index < -0.39 is 375 Å². The largest absolute Gasteiger partial charge is 0.481 e. The van der Waals surface area contributed by atoms with Crippen LogP contribution in [0.3, 0.4) is 0 Å². The number of hydrogen-bond donors (Lipinski definition) is 23. The van der Waals surface area contributed by atoms with Gasteiger partial charge in [0.1, 0.15) is 159 Å². The minimum atomic E-state index is -3.85. The van der Waals surface area contributed by atoms with E-state index >= 15 is 4.57 Å². The van der Waals surface area contributed by atoms with Crippen LogP contribution in [0.4, 0.5) is 0 Å². The van der Waals surface area contributed by atoms with Crippen molar-refractivity contribution >= 4 is 142 Å². The van der Waals surface area contributed by atoms with Crippen molar-refractivity contribution < 1.29 is 236 Å². The number of carboxylic acids is 7. The Hall–Kier alpha value is -3.91. The average molecular weight is 2130 g/mol. The van der Waals surface area contributed by atoms with Gasteiger partial charge in [-0.2, -0.15) is 82.3 Å². The van der Waals surface area contributed by atoms with Crippen molar-refractivity contribution in [1.29, 1.82) is 0 Å². The van der Waals surface area contributed by atoms with Crippen LogP contribution in [0.15, 0.2) is 60.7 Å². The lowest BCUT2D eigenvalue weighted by Gasteiger charge is -2.51. The Morgan fingerprint density at radius 1 is 0.232 bits per heavy atom. The third-order valence-electron chi connectivity index (χ3n) is 23.6. The Balaban J connectivity index is 0.985. The van der Waals surface area contributed by atoms with E-state index in [4.69, 9.17) is 80.5 Å². The lowest BCUT2D eigenvalue weighted by molar-refractivity contribution is -0.397. The molecule has 0 aromatic heterocycles. The molecule has 40 atom stereocenters. The zero-order valence-electron chi connectivity index (χ0n) is 73.4. The first kappa shape index (κ1) is 114. The summed E-state index contributed by atoms with van der Waals surface area (Å²) in [5, 5.41) is 266. The van der Waals surface area contributed by atoms with Crippen LogP contribution >= 0.6 is 89.5 Å². The first-order valence-corrected chi connectivity index (χ1v) is 53.9. The molecule has 0 amide bonds. The summed E-state index contributed by atoms with van der Waals surface area (Å²) in [6, 6.07) is 16.1. The Morgan fingerprint density at radius 2 is 0.384 bits per heavy atom. The average Bonchev–Trinajstić information content (AvgIpc) is 0.764. The molecule has 16 bridgehead atoms. The predicted octanol–water partition coefficient (Wildman–Crippen LogP) is -5.90. The van der Waals surface area contributed by atoms with Crippen LogP contribution in [-0.4, -0.2) is 498 Å². The summed E-state index contributed by atoms with van der Waals surface area (Å²) in [6.45, 7) is -0.816. The number of carbonyl (C=O) groups is 7. The number of rotatable bonds is 41. The fourth-order valence-electron chi connectivity index (χ4n) is 16.2. The number of benzene rings is 2. The smallest absolute Gasteiger partial charge is 0.304 e. The van der Waals surface area contributed by atoms with Crippen LogP contribution in [-0.2, 0) is 119 Å². The summed E-state index contributed by atoms with van der Waals surface area (Å²) in [7, 11) is -3.85. The highest BCUT2D eigenvalue weighted by atomic mass is 32.2. The Labute approximate surface area is 817 Å². The molecule has 23 N–H and O–H groups in total. The molecule has 0 aliphatic carbocycles. The summed E-state index contributed by atoms with van der Waals surface area (Å²) < 4.78 is 123. The van der Waals surface area contributed by atoms with Crippen molar-refractivity contribution in [2.75, 3.05) is 93.5 Å². The molecule has 782 valence electrons. The van der Waals surface area contributed by atoms with Gasteiger partial charge in [0.05, 0.1) is 94.3 Å². The van der Waals surface area contributed by atoms with Crippen LogP contribution in [0.25, 0.3) is 0 Å². The highest BCUT2D eigenvalue weighted by Crippen LogP contribution is 2.46. The van der Waals surface area contributed by atoms with E-state index in [1.807, 2.05) is 0 Å². The van der Waals surface area contributed by atoms with Crippen LogP contribution in [0.2, 0.25) is 0 Å². The molecule has 2 aromatic carbocycles. The van der Waals surface area contributed by atoms with Gasteiger partial charge >= 0.3 is 41.8 Å². The SMILES string of the molecule is O=C(O)CCSC[C@H]1O[C@@H]2O[C@H]3[C@H](O)[C@@H](O)[C@@H](O[C@H]4[C@H](O)[C@@H](O)[C@@H](O[C@H]5[C@H](O)[C@@H](O)[C@@H](O[C@H]6[C@H](O)[C@@H](O)[C@@H](O[C@H]7[C@H](O)[C@@H](O)[C@@H](O[C@H]8[C@H](O)[C@@H](O)[C@@H](O[C@H]9[C@H](O)[C@@H](O)[C@@H](O[C@H]1[C@H](O)[C@H]2O)O[C@@H]9COCP(=O)(c1ccccc1)c1ccccc1)O[C@@H]8CSCCC(=O)O)O[C@@H]7CSCCC(=O)O)O[C@@H]6CSCCC(=O)O)O[C@@H]5CSCCC(=O)O)O[C@@H]4CSCCC(=O)O)O[C@@H]3CSCCC(=O)O. The van der Waals surface area contributed by atoms with Crippen LogP contribution in [0.5, 0.6) is 0 Å². The van der Waals surface area contributed by atoms with Gasteiger partial charge in [-0.25, -0.2) is 0 Å². The number of thioether (sulfide) groups is 7. The summed E-state index contributed by atoms with van der Waals surface area (Å²) in [6.07, 6.45) is -87.4. The molecule has 30 saturated heterocycles. The van der Waals surface area contributed by atoms with E-state index in [0.717, 1.165) is 82.3 Å². The Kier molecular flexibility index (Phi) is 45.3. The molecular weight excluding hydrogens is 2010 g/mol. The quantitative estimate of drug-likeness (QED) is 0.0218. The summed E-state index contributed by atoms with van der Waals surface area (Å²) in [4.78, 5) is 83.2. The van der Waals surface area contributed by atoms with Gasteiger partial charge < -0.3 is 203 Å². The number of carboxylic acid groups (broad SMARTS) is 7. The predicted molar refractivity (Wildman–Crippen MR) is 482 cm³/mol. The van der Waals surface area contributed by atoms with Crippen molar-refractivity contribution in [3.63, 3.8) is 0 Å². The van der Waals surface area contributed by atoms with Gasteiger partial charge in [0.25, 0.3) is 0 Å². The third kappa shape index (κ3) is 30.7. The summed E-state index contributed by atoms with van der Waals surface area (Å²) >= 11 is 6.16. The number of aliphatic carboxylic acids is 7. The van der Waals surface area contributed by atoms with Gasteiger partial charge in [0.15, 0.2) is 57.5 Å². The zero-order chi connectivity index (χ0) is 100. The molecule has 32 rings (SSSR count). The van der Waals surface area contributed by atoms with Gasteiger partial charge in [-0.15, -0.1) is 0 Å². The van der Waals surface area contributed by atoms with Crippen molar-refractivity contribution in [1.82, 2.24) is 0 Å². The maximum Gasteiger partial charge on any atom is 0.304 e. The number of aliphatic hydroxyl groups excluding tert-OH is 16. The molecule has 30 heterocycles. The van der Waals surface area contributed by atoms with Crippen molar-refractivity contribution in [2.24, 2.45) is 0 Å². The van der Waals surface area contributed by atoms with E-state index in [0.29, 0.717) is 10.6 Å². The molecule has 56 heteroatoms. The third-order valence-corrected chi connectivity index (χ3v) is 33.8. The van der Waals surface area contributed by atoms with Gasteiger partial charge in [-0.05, 0) is 0 Å². The van der Waals surface area contributed by atoms with E-state index in [2.05, 4.69) is 0 Å². The molecule has 48 nitrogen and oxygen atoms in total. The van der Waals surface area contributed by atoms with E-state index in [1.165, 1.54) is 0 Å². The van der Waals surface area contributed by atoms with Gasteiger partial charge in [0.2, 0.25) is 0 Å². The maximum atomic E-state index is 15.5. The minimum absolute atomic E-state index is 0.161. The number of hydrogen-bond acceptors (Lipinski definition) is 48. The van der Waals surface area contributed by atoms with Crippen LogP contribution in [0, 0.1) is 0 Å². The van der Waals surface area contributed by atoms with E-state index in [1.54, 1.807) is 60.7 Å². The lowest BCUT2D eigenvalue weighted by atomic mass is 9.95. The van der Waals surface area contributed by atoms with Crippen LogP contribution < -0.4 is 10.6 Å². The second kappa shape index (κ2) is 54.7. The summed E-state index contributed by atoms with van der Waals surface area (Å²) in [5.41, 5.74) is 0. The first-order chi connectivity index (χ1) is 65.7. The molecule has 138 heavy (non-hydrogen) atoms. The van der Waals surface area contributed by atoms with Crippen molar-refractivity contribution in [2.45, 2.75) is 291 Å². The van der Waals surface area contributed by atoms with Crippen LogP contribution in [0.1, 0.15) is 44.9 Å². The number of aliphatic hydroxyl groups is 16. The molecule has 0 radical (unpaired) electrons. The molecular formula is C82H119O48PS7. The molecule has 0 spiro atoms. The second-order valence-electron chi connectivity index (χ2n) is 33.4. The molecule has 30 fully saturated rings. The van der Waals surface area contributed by atoms with Gasteiger partial charge in [0, 0.05) is 91.1 Å². The highest BCUT2D eigenvalue weighted by molar-refractivity contribution is 8.00. The monoisotopic (exact) mass is 2130 g/mol. The standard InChI is InChI=1S/C82H119O48PS7/c83-44(84)11-18-132-26-37-68-53(99)61(107)77(117-37)126-70-39(28-134-20-13-46(87)88)119-79(63(109)55(70)101)128-72-41(30-136-22-15-48(91)92)121-81(65(111)57(72)103)130-74-43(32-138-24-17-50(95)96)122-82(66(112)58(74)104)129-73-42(31-137-23-16-49(93)94)120-80(64(110)56(73)102)127-71-40(29-135-21-14-47(89)90)118-78(62(108)54(71)100)125-69-38(27-133-19-12-45(85)86)116-76(60(106)52(69)98)123-67-36(115-75(124-68)59(105)51(67)97)25-114-33-131(113,34-7-3-1-4-8-34)35-9-5-2-6-10-35/h1-10,36-43,51-82,97-112H,11-33H2,(H,83,84)(H,85,86)(H,87,88)(H,89,90)(H,91,92)(H,93,94)(H,95,96)/t36-,37-,38-,39-,40-,41-,42-,43-,51-,52-,53-,54-,55-,56-,57-,58-,59-,60-,61-,62-,63-,64-,65-,66-,67-,68-,69-,70-,71-,72-,73-,74-,75-,76-,77-,78-,79-,80-,81-,82-/m1/s1. The van der Waals surface area contributed by atoms with E-state index in [-0.39, 0.29) is 57.5 Å². The normalized spacial score (nSPS) is 39.4. The topological polar surface area (TPSA) is 759 Å². The first-order valence-electron chi connectivity index (χ1n) is 44.0. The fraction of sp³-hybridized carbons (Fsp3) is 0.768. The van der Waals surface area contributed by atoms with E-state index in [9.17, 15) is 151 Å². The van der Waals surface area contributed by atoms with Gasteiger partial charge in [-0.1, -0.05) is 60.7 Å². The minimum Gasteiger partial charge on any atom is -0.481 e. The Morgan fingerprint density at radius 3 is 0.543 bits per heavy atom. The zero-order valence-corrected chi connectivity index (χ0v) is 80.0. The molecule has 2 aromatic rings. The lowest BCUT2D eigenvalue weighted by Crippen LogP contribution is -2.69. The highest BCUT2D eigenvalue weighted by Gasteiger charge is 2.61. The molecule has 0 unspecified atom stereocenters. The fourth-order valence-corrected chi connectivity index (χ4v) is 25.4. The maximum absolute atomic E-state index is 15.5. The molecule has 0 saturated carbocycles. The van der Waals surface area contributed by atoms with Crippen molar-refractivity contribution in [3.05, 3.63) is 60.7 Å². The molecule has 30 aliphatic rings. The molecule has 30 aliphatic heterocycles.